The molecule has 0 aliphatic rings. The minimum Gasteiger partial charge on any atom is -0.343 e. The van der Waals surface area contributed by atoms with E-state index in [0.29, 0.717) is 17.0 Å². The summed E-state index contributed by atoms with van der Waals surface area (Å²) in [5, 5.41) is 3.52. The highest BCUT2D eigenvalue weighted by atomic mass is 32.2. The van der Waals surface area contributed by atoms with Crippen LogP contribution in [0.25, 0.3) is 11.0 Å². The van der Waals surface area contributed by atoms with E-state index in [1.807, 2.05) is 13.8 Å². The van der Waals surface area contributed by atoms with Crippen LogP contribution in [0.2, 0.25) is 0 Å². The van der Waals surface area contributed by atoms with Crippen LogP contribution in [0.3, 0.4) is 0 Å². The van der Waals surface area contributed by atoms with Gasteiger partial charge in [-0.1, -0.05) is 0 Å². The lowest BCUT2D eigenvalue weighted by molar-refractivity contribution is 0.102. The average molecular weight is 387 g/mol. The molecule has 0 atom stereocenters. The Morgan fingerprint density at radius 1 is 1.11 bits per heavy atom. The van der Waals surface area contributed by atoms with Crippen LogP contribution in [0.4, 0.5) is 5.82 Å². The first-order valence-corrected chi connectivity index (χ1v) is 9.91. The molecule has 27 heavy (non-hydrogen) atoms. The molecular weight excluding hydrogens is 366 g/mol. The first-order chi connectivity index (χ1) is 12.7. The molecule has 1 amide bonds. The molecule has 2 heterocycles. The number of H-pyrrole nitrogens is 1. The zero-order valence-corrected chi connectivity index (χ0v) is 16.3. The van der Waals surface area contributed by atoms with Crippen molar-refractivity contribution < 1.29 is 13.2 Å². The number of aromatic nitrogens is 3. The highest BCUT2D eigenvalue weighted by Gasteiger charge is 2.17. The Kier molecular flexibility index (Phi) is 4.99. The van der Waals surface area contributed by atoms with Gasteiger partial charge in [0.15, 0.2) is 0 Å². The molecular formula is C18H21N5O3S. The second kappa shape index (κ2) is 7.09. The minimum absolute atomic E-state index is 0.106. The van der Waals surface area contributed by atoms with Crippen molar-refractivity contribution in [3.63, 3.8) is 0 Å². The molecule has 0 bridgehead atoms. The van der Waals surface area contributed by atoms with Gasteiger partial charge in [0.2, 0.25) is 10.0 Å². The van der Waals surface area contributed by atoms with E-state index in [4.69, 9.17) is 0 Å². The van der Waals surface area contributed by atoms with Crippen molar-refractivity contribution >= 4 is 32.8 Å². The number of carbonyl (C=O) groups is 1. The number of carbonyl (C=O) groups excluding carboxylic acids is 1. The maximum atomic E-state index is 12.6. The monoisotopic (exact) mass is 387 g/mol. The Morgan fingerprint density at radius 3 is 2.41 bits per heavy atom. The maximum Gasteiger partial charge on any atom is 0.256 e. The van der Waals surface area contributed by atoms with Crippen molar-refractivity contribution in [2.75, 3.05) is 5.32 Å². The van der Waals surface area contributed by atoms with Crippen LogP contribution in [-0.4, -0.2) is 35.3 Å². The number of nitrogens with zero attached hydrogens (tertiary/aromatic N) is 2. The lowest BCUT2D eigenvalue weighted by Gasteiger charge is -2.10. The van der Waals surface area contributed by atoms with E-state index in [2.05, 4.69) is 25.0 Å². The normalized spacial score (nSPS) is 11.9. The van der Waals surface area contributed by atoms with Crippen molar-refractivity contribution in [3.05, 3.63) is 47.4 Å². The molecule has 3 rings (SSSR count). The second-order valence-electron chi connectivity index (χ2n) is 6.58. The van der Waals surface area contributed by atoms with Crippen LogP contribution in [0.1, 0.15) is 35.5 Å². The number of anilines is 1. The summed E-state index contributed by atoms with van der Waals surface area (Å²) in [4.78, 5) is 24.2. The molecule has 0 saturated heterocycles. The van der Waals surface area contributed by atoms with Gasteiger partial charge >= 0.3 is 0 Å². The number of nitrogens with one attached hydrogen (secondary N) is 3. The number of aromatic amines is 1. The summed E-state index contributed by atoms with van der Waals surface area (Å²) in [5.41, 5.74) is 2.89. The first kappa shape index (κ1) is 19.0. The molecule has 0 fully saturated rings. The molecule has 0 aliphatic carbocycles. The molecule has 3 N–H and O–H groups in total. The number of sulfonamides is 1. The van der Waals surface area contributed by atoms with Crippen LogP contribution >= 0.6 is 0 Å². The van der Waals surface area contributed by atoms with Crippen molar-refractivity contribution in [2.45, 2.75) is 38.6 Å². The fourth-order valence-corrected chi connectivity index (χ4v) is 3.98. The Balaban J connectivity index is 1.86. The molecule has 142 valence electrons. The number of benzene rings is 1. The number of hydrogen-bond acceptors (Lipinski definition) is 5. The summed E-state index contributed by atoms with van der Waals surface area (Å²) in [5.74, 6) is 0.0269. The highest BCUT2D eigenvalue weighted by molar-refractivity contribution is 7.89. The van der Waals surface area contributed by atoms with E-state index in [1.165, 1.54) is 30.6 Å². The van der Waals surface area contributed by atoms with E-state index in [-0.39, 0.29) is 16.8 Å². The van der Waals surface area contributed by atoms with Crippen LogP contribution in [0.15, 0.2) is 35.5 Å². The van der Waals surface area contributed by atoms with Gasteiger partial charge in [-0.2, -0.15) is 0 Å². The Morgan fingerprint density at radius 2 is 1.78 bits per heavy atom. The second-order valence-corrected chi connectivity index (χ2v) is 8.29. The molecule has 3 aromatic rings. The van der Waals surface area contributed by atoms with Gasteiger partial charge in [-0.25, -0.2) is 23.1 Å². The summed E-state index contributed by atoms with van der Waals surface area (Å²) in [6, 6.07) is 5.53. The molecule has 1 aromatic carbocycles. The minimum atomic E-state index is -3.60. The van der Waals surface area contributed by atoms with E-state index in [0.717, 1.165) is 16.6 Å². The molecule has 8 nitrogen and oxygen atoms in total. The summed E-state index contributed by atoms with van der Waals surface area (Å²) in [7, 11) is -3.60. The zero-order valence-electron chi connectivity index (χ0n) is 15.5. The average Bonchev–Trinajstić information content (AvgIpc) is 2.89. The lowest BCUT2D eigenvalue weighted by atomic mass is 10.2. The van der Waals surface area contributed by atoms with Gasteiger partial charge in [0, 0.05) is 17.3 Å². The van der Waals surface area contributed by atoms with Gasteiger partial charge in [-0.15, -0.1) is 0 Å². The standard InChI is InChI=1S/C18H21N5O3S/c1-10(2)23-27(25,26)14-7-5-13(6-8-14)18(24)22-17-15-11(3)12(4)21-16(15)19-9-20-17/h5-10,23H,1-4H3,(H2,19,20,21,22,24). The van der Waals surface area contributed by atoms with Crippen LogP contribution in [0.5, 0.6) is 0 Å². The molecule has 0 unspecified atom stereocenters. The Bertz CT molecular complexity index is 1100. The van der Waals surface area contributed by atoms with Crippen molar-refractivity contribution in [1.29, 1.82) is 0 Å². The third-order valence-corrected chi connectivity index (χ3v) is 5.81. The predicted octanol–water partition coefficient (Wildman–Crippen LogP) is 2.51. The van der Waals surface area contributed by atoms with Gasteiger partial charge < -0.3 is 10.3 Å². The van der Waals surface area contributed by atoms with Crippen LogP contribution < -0.4 is 10.0 Å². The molecule has 0 saturated carbocycles. The van der Waals surface area contributed by atoms with Gasteiger partial charge in [0.1, 0.15) is 17.8 Å². The fraction of sp³-hybridized carbons (Fsp3) is 0.278. The number of amides is 1. The molecule has 2 aromatic heterocycles. The largest absolute Gasteiger partial charge is 0.343 e. The molecule has 0 spiro atoms. The zero-order chi connectivity index (χ0) is 19.8. The Labute approximate surface area is 157 Å². The number of rotatable bonds is 5. The topological polar surface area (TPSA) is 117 Å². The summed E-state index contributed by atoms with van der Waals surface area (Å²) >= 11 is 0. The Hall–Kier alpha value is -2.78. The molecule has 0 aliphatic heterocycles. The SMILES string of the molecule is Cc1[nH]c2ncnc(NC(=O)c3ccc(S(=O)(=O)NC(C)C)cc3)c2c1C. The predicted molar refractivity (Wildman–Crippen MR) is 103 cm³/mol. The van der Waals surface area contributed by atoms with E-state index < -0.39 is 10.0 Å². The lowest BCUT2D eigenvalue weighted by Crippen LogP contribution is -2.30. The fourth-order valence-electron chi connectivity index (χ4n) is 2.73. The van der Waals surface area contributed by atoms with Gasteiger partial charge in [0.25, 0.3) is 5.91 Å². The van der Waals surface area contributed by atoms with E-state index in [1.54, 1.807) is 13.8 Å². The van der Waals surface area contributed by atoms with E-state index in [9.17, 15) is 13.2 Å². The smallest absolute Gasteiger partial charge is 0.256 e. The van der Waals surface area contributed by atoms with Gasteiger partial charge in [-0.05, 0) is 57.5 Å². The highest BCUT2D eigenvalue weighted by Crippen LogP contribution is 2.25. The van der Waals surface area contributed by atoms with Crippen molar-refractivity contribution in [3.8, 4) is 0 Å². The first-order valence-electron chi connectivity index (χ1n) is 8.42. The summed E-state index contributed by atoms with van der Waals surface area (Å²) < 4.78 is 26.8. The number of fused-ring (bicyclic) bond motifs is 1. The molecule has 0 radical (unpaired) electrons. The number of aryl methyl sites for hydroxylation is 2. The third-order valence-electron chi connectivity index (χ3n) is 4.14. The summed E-state index contributed by atoms with van der Waals surface area (Å²) in [6.45, 7) is 7.33. The van der Waals surface area contributed by atoms with Crippen LogP contribution in [-0.2, 0) is 10.0 Å². The van der Waals surface area contributed by atoms with Crippen molar-refractivity contribution in [2.24, 2.45) is 0 Å². The quantitative estimate of drug-likeness (QED) is 0.622. The number of hydrogen-bond donors (Lipinski definition) is 3. The van der Waals surface area contributed by atoms with Gasteiger partial charge in [0.05, 0.1) is 10.3 Å². The van der Waals surface area contributed by atoms with Gasteiger partial charge in [-0.3, -0.25) is 4.79 Å². The van der Waals surface area contributed by atoms with Crippen molar-refractivity contribution in [1.82, 2.24) is 19.7 Å². The van der Waals surface area contributed by atoms with Crippen LogP contribution in [0, 0.1) is 13.8 Å². The third kappa shape index (κ3) is 3.83. The molecule has 9 heteroatoms. The maximum absolute atomic E-state index is 12.6. The van der Waals surface area contributed by atoms with E-state index >= 15 is 0 Å². The summed E-state index contributed by atoms with van der Waals surface area (Å²) in [6.07, 6.45) is 1.38.